The van der Waals surface area contributed by atoms with Crippen molar-refractivity contribution in [2.24, 2.45) is 5.92 Å². The van der Waals surface area contributed by atoms with Crippen LogP contribution in [0.25, 0.3) is 23.3 Å². The van der Waals surface area contributed by atoms with Crippen LogP contribution in [0.5, 0.6) is 0 Å². The van der Waals surface area contributed by atoms with E-state index in [4.69, 9.17) is 0 Å². The third-order valence-electron chi connectivity index (χ3n) is 7.59. The summed E-state index contributed by atoms with van der Waals surface area (Å²) in [5, 5.41) is 0. The number of aromatic nitrogens is 1. The molecule has 1 aliphatic carbocycles. The maximum Gasteiger partial charge on any atom is 0.230 e. The summed E-state index contributed by atoms with van der Waals surface area (Å²) >= 11 is 0. The molecule has 3 aromatic carbocycles. The Morgan fingerprint density at radius 3 is 2.08 bits per heavy atom. The van der Waals surface area contributed by atoms with Gasteiger partial charge in [0.1, 0.15) is 0 Å². The first-order valence-electron chi connectivity index (χ1n) is 13.9. The van der Waals surface area contributed by atoms with Crippen molar-refractivity contribution in [3.63, 3.8) is 0 Å². The van der Waals surface area contributed by atoms with E-state index in [1.807, 2.05) is 23.1 Å². The van der Waals surface area contributed by atoms with Crippen molar-refractivity contribution < 1.29 is 4.79 Å². The number of hydrogen-bond acceptors (Lipinski definition) is 3. The molecule has 0 radical (unpaired) electrons. The average molecular weight is 516 g/mol. The molecule has 39 heavy (non-hydrogen) atoms. The molecule has 1 fully saturated rings. The maximum absolute atomic E-state index is 13.9. The first-order chi connectivity index (χ1) is 19.1. The Labute approximate surface area is 232 Å². The van der Waals surface area contributed by atoms with Crippen LogP contribution in [-0.2, 0) is 11.3 Å². The van der Waals surface area contributed by atoms with Gasteiger partial charge in [-0.3, -0.25) is 9.78 Å². The lowest BCUT2D eigenvalue weighted by molar-refractivity contribution is -0.123. The number of anilines is 2. The van der Waals surface area contributed by atoms with Crippen molar-refractivity contribution in [1.29, 1.82) is 0 Å². The van der Waals surface area contributed by atoms with Crippen molar-refractivity contribution in [2.45, 2.75) is 38.6 Å². The van der Waals surface area contributed by atoms with Crippen LogP contribution in [0, 0.1) is 5.92 Å². The molecular weight excluding hydrogens is 478 g/mol. The second kappa shape index (κ2) is 12.6. The van der Waals surface area contributed by atoms with Crippen LogP contribution in [0.3, 0.4) is 0 Å². The molecule has 0 aliphatic heterocycles. The van der Waals surface area contributed by atoms with E-state index in [1.54, 1.807) is 12.4 Å². The number of carbonyl (C=O) groups excluding carboxylic acids is 1. The Morgan fingerprint density at radius 1 is 0.769 bits per heavy atom. The second-order valence-corrected chi connectivity index (χ2v) is 10.6. The fourth-order valence-electron chi connectivity index (χ4n) is 5.27. The van der Waals surface area contributed by atoms with Crippen LogP contribution in [0.2, 0.25) is 0 Å². The van der Waals surface area contributed by atoms with Crippen LogP contribution in [0.15, 0.2) is 97.3 Å². The van der Waals surface area contributed by atoms with Gasteiger partial charge >= 0.3 is 0 Å². The minimum Gasteiger partial charge on any atom is -0.378 e. The summed E-state index contributed by atoms with van der Waals surface area (Å²) in [6.45, 7) is 0.562. The lowest BCUT2D eigenvalue weighted by atomic mass is 9.88. The molecule has 0 spiro atoms. The van der Waals surface area contributed by atoms with Crippen LogP contribution in [-0.4, -0.2) is 25.0 Å². The van der Waals surface area contributed by atoms with Crippen LogP contribution >= 0.6 is 0 Å². The predicted molar refractivity (Wildman–Crippen MR) is 164 cm³/mol. The van der Waals surface area contributed by atoms with Gasteiger partial charge in [0, 0.05) is 43.8 Å². The molecule has 0 bridgehead atoms. The van der Waals surface area contributed by atoms with Gasteiger partial charge < -0.3 is 9.80 Å². The Morgan fingerprint density at radius 2 is 1.41 bits per heavy atom. The van der Waals surface area contributed by atoms with Gasteiger partial charge in [0.15, 0.2) is 0 Å². The Balaban J connectivity index is 1.39. The number of rotatable bonds is 8. The highest BCUT2D eigenvalue weighted by Gasteiger charge is 2.27. The molecule has 0 atom stereocenters. The SMILES string of the molecule is CN(C)c1ccc(-c2ccc(CN(C(=O)C3CCCCC3)c3cccc(/C=C/c4ccncc4)c3)cc2)cc1. The third kappa shape index (κ3) is 6.83. The first kappa shape index (κ1) is 26.4. The highest BCUT2D eigenvalue weighted by molar-refractivity contribution is 5.95. The van der Waals surface area contributed by atoms with Crippen LogP contribution in [0.4, 0.5) is 11.4 Å². The highest BCUT2D eigenvalue weighted by Crippen LogP contribution is 2.30. The van der Waals surface area contributed by atoms with Crippen molar-refractivity contribution in [3.8, 4) is 11.1 Å². The van der Waals surface area contributed by atoms with Gasteiger partial charge in [-0.2, -0.15) is 0 Å². The summed E-state index contributed by atoms with van der Waals surface area (Å²) in [4.78, 5) is 22.1. The summed E-state index contributed by atoms with van der Waals surface area (Å²) in [7, 11) is 4.11. The zero-order valence-electron chi connectivity index (χ0n) is 23.0. The van der Waals surface area contributed by atoms with E-state index in [0.717, 1.165) is 48.1 Å². The van der Waals surface area contributed by atoms with Crippen LogP contribution in [0.1, 0.15) is 48.8 Å². The molecule has 4 aromatic rings. The predicted octanol–water partition coefficient (Wildman–Crippen LogP) is 8.10. The fourth-order valence-corrected chi connectivity index (χ4v) is 5.27. The molecule has 4 heteroatoms. The Bertz CT molecular complexity index is 1390. The van der Waals surface area contributed by atoms with E-state index in [0.29, 0.717) is 6.54 Å². The first-order valence-corrected chi connectivity index (χ1v) is 13.9. The topological polar surface area (TPSA) is 36.4 Å². The van der Waals surface area contributed by atoms with E-state index in [1.165, 1.54) is 23.2 Å². The van der Waals surface area contributed by atoms with Crippen molar-refractivity contribution in [2.75, 3.05) is 23.9 Å². The normalized spacial score (nSPS) is 13.9. The number of amides is 1. The molecule has 1 amide bonds. The summed E-state index contributed by atoms with van der Waals surface area (Å²) in [6, 6.07) is 29.5. The number of nitrogens with zero attached hydrogens (tertiary/aromatic N) is 3. The molecule has 0 unspecified atom stereocenters. The average Bonchev–Trinajstić information content (AvgIpc) is 3.00. The van der Waals surface area contributed by atoms with Crippen molar-refractivity contribution in [1.82, 2.24) is 4.98 Å². The van der Waals surface area contributed by atoms with E-state index < -0.39 is 0 Å². The second-order valence-electron chi connectivity index (χ2n) is 10.6. The van der Waals surface area contributed by atoms with Gasteiger partial charge in [-0.05, 0) is 77.1 Å². The monoisotopic (exact) mass is 515 g/mol. The summed E-state index contributed by atoms with van der Waals surface area (Å²) in [6.07, 6.45) is 13.3. The standard InChI is InChI=1S/C35H37N3O/c1-37(2)33-19-17-31(18-20-33)30-15-13-29(14-16-30)26-38(35(39)32-8-4-3-5-9-32)34-10-6-7-28(25-34)12-11-27-21-23-36-24-22-27/h6-7,10-25,32H,3-5,8-9,26H2,1-2H3/b12-11+. The van der Waals surface area contributed by atoms with Crippen LogP contribution < -0.4 is 9.80 Å². The van der Waals surface area contributed by atoms with E-state index >= 15 is 0 Å². The zero-order chi connectivity index (χ0) is 27.0. The molecule has 198 valence electrons. The molecule has 1 saturated carbocycles. The number of hydrogen-bond donors (Lipinski definition) is 0. The molecule has 1 aliphatic rings. The van der Waals surface area contributed by atoms with E-state index in [-0.39, 0.29) is 11.8 Å². The molecule has 1 heterocycles. The quantitative estimate of drug-likeness (QED) is 0.238. The molecule has 4 nitrogen and oxygen atoms in total. The van der Waals surface area contributed by atoms with Gasteiger partial charge in [-0.1, -0.05) is 79.9 Å². The van der Waals surface area contributed by atoms with Crippen molar-refractivity contribution in [3.05, 3.63) is 114 Å². The molecule has 0 saturated heterocycles. The minimum atomic E-state index is 0.101. The number of benzene rings is 3. The lowest BCUT2D eigenvalue weighted by Crippen LogP contribution is -2.36. The third-order valence-corrected chi connectivity index (χ3v) is 7.59. The molecule has 5 rings (SSSR count). The smallest absolute Gasteiger partial charge is 0.230 e. The molecular formula is C35H37N3O. The molecule has 0 N–H and O–H groups in total. The zero-order valence-corrected chi connectivity index (χ0v) is 23.0. The largest absolute Gasteiger partial charge is 0.378 e. The maximum atomic E-state index is 13.9. The van der Waals surface area contributed by atoms with Gasteiger partial charge in [-0.25, -0.2) is 0 Å². The summed E-state index contributed by atoms with van der Waals surface area (Å²) in [5.41, 5.74) is 7.80. The molecule has 1 aromatic heterocycles. The highest BCUT2D eigenvalue weighted by atomic mass is 16.2. The Hall–Kier alpha value is -4.18. The summed E-state index contributed by atoms with van der Waals surface area (Å²) in [5.74, 6) is 0.345. The van der Waals surface area contributed by atoms with Gasteiger partial charge in [0.2, 0.25) is 5.91 Å². The number of carbonyl (C=O) groups is 1. The fraction of sp³-hybridized carbons (Fsp3) is 0.257. The van der Waals surface area contributed by atoms with Gasteiger partial charge in [0.05, 0.1) is 6.54 Å². The van der Waals surface area contributed by atoms with Crippen molar-refractivity contribution >= 4 is 29.4 Å². The van der Waals surface area contributed by atoms with Gasteiger partial charge in [-0.15, -0.1) is 0 Å². The van der Waals surface area contributed by atoms with E-state index in [2.05, 4.69) is 103 Å². The minimum absolute atomic E-state index is 0.101. The Kier molecular flexibility index (Phi) is 8.52. The van der Waals surface area contributed by atoms with E-state index in [9.17, 15) is 4.79 Å². The van der Waals surface area contributed by atoms with Gasteiger partial charge in [0.25, 0.3) is 0 Å². The summed E-state index contributed by atoms with van der Waals surface area (Å²) < 4.78 is 0. The lowest BCUT2D eigenvalue weighted by Gasteiger charge is -2.30. The number of pyridine rings is 1.